The molecule has 5 aromatic rings. The predicted octanol–water partition coefficient (Wildman–Crippen LogP) is 11.3. The molecule has 4 aromatic carbocycles. The molecule has 1 aromatic heterocycles. The fourth-order valence-electron chi connectivity index (χ4n) is 8.76. The first kappa shape index (κ1) is 41.9. The number of amides is 1. The van der Waals surface area contributed by atoms with Crippen molar-refractivity contribution in [1.29, 1.82) is 0 Å². The molecule has 12 heteroatoms. The van der Waals surface area contributed by atoms with Crippen molar-refractivity contribution in [2.45, 2.75) is 100 Å². The Balaban J connectivity index is 1.10. The third kappa shape index (κ3) is 9.81. The van der Waals surface area contributed by atoms with Crippen LogP contribution in [0.1, 0.15) is 108 Å². The average Bonchev–Trinajstić information content (AvgIpc) is 3.71. The topological polar surface area (TPSA) is 105 Å². The molecule has 1 fully saturated rings. The molecule has 0 bridgehead atoms. The summed E-state index contributed by atoms with van der Waals surface area (Å²) in [7, 11) is 1.46. The summed E-state index contributed by atoms with van der Waals surface area (Å²) in [5.41, 5.74) is 4.54. The fourth-order valence-corrected chi connectivity index (χ4v) is 9.61. The van der Waals surface area contributed by atoms with Crippen LogP contribution in [-0.2, 0) is 23.4 Å². The molecule has 0 radical (unpaired) electrons. The van der Waals surface area contributed by atoms with Gasteiger partial charge in [0.2, 0.25) is 5.91 Å². The van der Waals surface area contributed by atoms with Gasteiger partial charge in [0.1, 0.15) is 35.8 Å². The van der Waals surface area contributed by atoms with Crippen LogP contribution in [0.3, 0.4) is 0 Å². The molecule has 1 saturated carbocycles. The Morgan fingerprint density at radius 2 is 1.58 bits per heavy atom. The summed E-state index contributed by atoms with van der Waals surface area (Å²) in [6.07, 6.45) is 6.50. The minimum absolute atomic E-state index is 0.0118. The largest absolute Gasteiger partial charge is 0.496 e. The lowest BCUT2D eigenvalue weighted by atomic mass is 9.72. The van der Waals surface area contributed by atoms with E-state index < -0.39 is 30.0 Å². The van der Waals surface area contributed by atoms with Crippen LogP contribution in [0.15, 0.2) is 102 Å². The number of carbonyl (C=O) groups is 2. The molecule has 7 rings (SSSR count). The molecule has 1 heterocycles. The predicted molar refractivity (Wildman–Crippen MR) is 223 cm³/mol. The summed E-state index contributed by atoms with van der Waals surface area (Å²) in [5, 5.41) is 9.69. The number of unbranched alkanes of at least 4 members (excludes halogenated alkanes) is 2. The number of H-pyrrole nitrogens is 1. The number of hydrogen-bond acceptors (Lipinski definition) is 6. The van der Waals surface area contributed by atoms with Crippen LogP contribution < -0.4 is 9.47 Å². The van der Waals surface area contributed by atoms with Crippen LogP contribution >= 0.6 is 11.8 Å². The Hall–Kier alpha value is -5.23. The molecule has 0 aliphatic heterocycles. The molecule has 8 nitrogen and oxygen atoms in total. The fraction of sp³-hybridized carbons (Fsp3) is 0.383. The maximum Gasteiger partial charge on any atom is 0.406 e. The first-order valence-electron chi connectivity index (χ1n) is 20.4. The molecule has 310 valence electrons. The summed E-state index contributed by atoms with van der Waals surface area (Å²) in [4.78, 5) is 34.2. The van der Waals surface area contributed by atoms with E-state index in [1.54, 1.807) is 18.2 Å². The van der Waals surface area contributed by atoms with Crippen LogP contribution in [0, 0.1) is 0 Å². The van der Waals surface area contributed by atoms with Gasteiger partial charge in [0, 0.05) is 23.9 Å². The lowest BCUT2D eigenvalue weighted by molar-refractivity contribution is -0.165. The summed E-state index contributed by atoms with van der Waals surface area (Å²) in [6.45, 7) is -1.44. The van der Waals surface area contributed by atoms with Gasteiger partial charge in [-0.25, -0.2) is 9.78 Å². The molecule has 0 unspecified atom stereocenters. The molecule has 0 spiro atoms. The van der Waals surface area contributed by atoms with Crippen LogP contribution in [0.25, 0.3) is 11.1 Å². The number of alkyl halides is 3. The van der Waals surface area contributed by atoms with E-state index in [2.05, 4.69) is 34.2 Å². The number of thioether (sulfide) groups is 1. The molecule has 2 aliphatic rings. The van der Waals surface area contributed by atoms with Crippen molar-refractivity contribution >= 4 is 23.6 Å². The zero-order valence-corrected chi connectivity index (χ0v) is 34.0. The van der Waals surface area contributed by atoms with E-state index in [-0.39, 0.29) is 12.2 Å². The highest BCUT2D eigenvalue weighted by molar-refractivity contribution is 7.99. The number of carboxylic acid groups (broad SMARTS) is 1. The number of aromatic carboxylic acids is 1. The lowest BCUT2D eigenvalue weighted by Gasteiger charge is -2.37. The zero-order chi connectivity index (χ0) is 41.4. The lowest BCUT2D eigenvalue weighted by Crippen LogP contribution is -2.49. The third-order valence-corrected chi connectivity index (χ3v) is 12.6. The van der Waals surface area contributed by atoms with E-state index in [0.717, 1.165) is 28.0 Å². The van der Waals surface area contributed by atoms with Crippen molar-refractivity contribution in [2.24, 2.45) is 0 Å². The van der Waals surface area contributed by atoms with E-state index >= 15 is 4.79 Å². The maximum absolute atomic E-state index is 15.2. The number of fused-ring (bicyclic) bond motifs is 3. The number of hydrogen-bond donors (Lipinski definition) is 2. The quantitative estimate of drug-likeness (QED) is 0.0546. The molecule has 0 saturated heterocycles. The van der Waals surface area contributed by atoms with Crippen molar-refractivity contribution < 1.29 is 37.3 Å². The van der Waals surface area contributed by atoms with Gasteiger partial charge in [0.15, 0.2) is 5.16 Å². The number of benzene rings is 4. The number of carbonyl (C=O) groups excluding carboxylic acids is 1. The number of rotatable bonds is 17. The molecule has 1 amide bonds. The van der Waals surface area contributed by atoms with Crippen LogP contribution in [0.5, 0.6) is 11.5 Å². The second-order valence-electron chi connectivity index (χ2n) is 15.5. The van der Waals surface area contributed by atoms with Crippen LogP contribution in [-0.4, -0.2) is 57.4 Å². The Kier molecular flexibility index (Phi) is 13.3. The summed E-state index contributed by atoms with van der Waals surface area (Å²) in [6, 6.07) is 28.7. The zero-order valence-electron chi connectivity index (χ0n) is 33.2. The van der Waals surface area contributed by atoms with E-state index in [9.17, 15) is 23.1 Å². The Morgan fingerprint density at radius 1 is 0.898 bits per heavy atom. The highest BCUT2D eigenvalue weighted by Crippen LogP contribution is 2.53. The Bertz CT molecular complexity index is 2170. The number of imidazole rings is 1. The number of aromatic amines is 1. The summed E-state index contributed by atoms with van der Waals surface area (Å²) < 4.78 is 55.4. The minimum Gasteiger partial charge on any atom is -0.496 e. The monoisotopic (exact) mass is 825 g/mol. The highest BCUT2D eigenvalue weighted by Gasteiger charge is 2.51. The van der Waals surface area contributed by atoms with E-state index in [1.807, 2.05) is 48.5 Å². The second kappa shape index (κ2) is 18.8. The van der Waals surface area contributed by atoms with Gasteiger partial charge in [-0.3, -0.25) is 4.79 Å². The minimum atomic E-state index is -4.67. The first-order chi connectivity index (χ1) is 28.6. The number of nitrogens with zero attached hydrogens (tertiary/aromatic N) is 2. The average molecular weight is 826 g/mol. The number of nitrogens with one attached hydrogen (secondary N) is 1. The maximum atomic E-state index is 15.2. The van der Waals surface area contributed by atoms with Crippen LogP contribution in [0.2, 0.25) is 0 Å². The van der Waals surface area contributed by atoms with E-state index in [0.29, 0.717) is 70.9 Å². The van der Waals surface area contributed by atoms with Gasteiger partial charge in [-0.1, -0.05) is 123 Å². The number of ether oxygens (including phenoxy) is 2. The Labute approximate surface area is 347 Å². The molecular formula is C47H50F3N3O5S. The molecule has 59 heavy (non-hydrogen) atoms. The molecular weight excluding hydrogens is 776 g/mol. The van der Waals surface area contributed by atoms with Crippen molar-refractivity contribution in [3.63, 3.8) is 0 Å². The molecule has 2 N–H and O–H groups in total. The van der Waals surface area contributed by atoms with Gasteiger partial charge >= 0.3 is 12.1 Å². The smallest absolute Gasteiger partial charge is 0.406 e. The highest BCUT2D eigenvalue weighted by atomic mass is 32.2. The standard InChI is InChI=1S/C47H50F3N3O5S/c1-57-42-27-36(58-30-32-19-21-34(22-20-32)33-13-5-2-3-6-14-33)24-23-35(42)29-53(31-47(48,49)50)44(56)46(25-11-4-12-26-59-45-51-28-41(52-45)43(54)55)39-17-9-7-15-37(39)38-16-8-10-18-40(38)46/h7-10,15-24,27-28,33H,2-6,11-14,25-26,29-31H2,1H3,(H,51,52)(H,54,55). The van der Waals surface area contributed by atoms with Gasteiger partial charge in [-0.2, -0.15) is 13.2 Å². The van der Waals surface area contributed by atoms with Crippen molar-refractivity contribution in [2.75, 3.05) is 19.4 Å². The van der Waals surface area contributed by atoms with Gasteiger partial charge in [0.25, 0.3) is 0 Å². The van der Waals surface area contributed by atoms with Crippen molar-refractivity contribution in [3.8, 4) is 22.6 Å². The van der Waals surface area contributed by atoms with E-state index in [4.69, 9.17) is 9.47 Å². The number of carboxylic acids is 1. The Morgan fingerprint density at radius 3 is 2.20 bits per heavy atom. The van der Waals surface area contributed by atoms with Crippen LogP contribution in [0.4, 0.5) is 13.2 Å². The van der Waals surface area contributed by atoms with Gasteiger partial charge in [-0.15, -0.1) is 0 Å². The van der Waals surface area contributed by atoms with Gasteiger partial charge < -0.3 is 24.5 Å². The number of halogens is 3. The first-order valence-corrected chi connectivity index (χ1v) is 21.4. The summed E-state index contributed by atoms with van der Waals surface area (Å²) in [5.74, 6) is 0.381. The number of aromatic nitrogens is 2. The normalized spacial score (nSPS) is 14.9. The van der Waals surface area contributed by atoms with Gasteiger partial charge in [0.05, 0.1) is 13.3 Å². The summed E-state index contributed by atoms with van der Waals surface area (Å²) >= 11 is 1.40. The third-order valence-electron chi connectivity index (χ3n) is 11.6. The molecule has 0 atom stereocenters. The van der Waals surface area contributed by atoms with E-state index in [1.165, 1.54) is 69.2 Å². The SMILES string of the molecule is COc1cc(OCc2ccc(C3CCCCCC3)cc2)ccc1CN(CC(F)(F)F)C(=O)C1(CCCCCSc2ncc(C(=O)O)[nH]2)c2ccccc2-c2ccccc21. The number of methoxy groups -OCH3 is 1. The second-order valence-corrected chi connectivity index (χ2v) is 16.6. The van der Waals surface area contributed by atoms with Gasteiger partial charge in [-0.05, 0) is 77.1 Å². The van der Waals surface area contributed by atoms with Crippen molar-refractivity contribution in [1.82, 2.24) is 14.9 Å². The van der Waals surface area contributed by atoms with Crippen molar-refractivity contribution in [3.05, 3.63) is 131 Å². The molecule has 2 aliphatic carbocycles.